The predicted octanol–water partition coefficient (Wildman–Crippen LogP) is 2.02. The second-order valence-electron chi connectivity index (χ2n) is 3.85. The zero-order valence-corrected chi connectivity index (χ0v) is 9.77. The van der Waals surface area contributed by atoms with E-state index in [1.807, 2.05) is 12.1 Å². The highest BCUT2D eigenvalue weighted by molar-refractivity contribution is 6.30. The van der Waals surface area contributed by atoms with Crippen molar-refractivity contribution in [2.45, 2.75) is 12.5 Å². The van der Waals surface area contributed by atoms with Crippen LogP contribution in [-0.4, -0.2) is 25.0 Å². The quantitative estimate of drug-likeness (QED) is 0.853. The number of aliphatic imine (C=N–C) groups is 1. The second-order valence-corrected chi connectivity index (χ2v) is 4.29. The average molecular weight is 260 g/mol. The zero-order valence-electron chi connectivity index (χ0n) is 9.01. The van der Waals surface area contributed by atoms with Crippen LogP contribution in [0.15, 0.2) is 29.3 Å². The highest BCUT2D eigenvalue weighted by Gasteiger charge is 2.31. The largest absolute Gasteiger partial charge is 0.352 e. The minimum atomic E-state index is -2.74. The molecule has 2 rings (SSSR count). The molecule has 0 aromatic heterocycles. The van der Waals surface area contributed by atoms with Gasteiger partial charge in [-0.3, -0.25) is 0 Å². The third-order valence-corrected chi connectivity index (χ3v) is 2.61. The second kappa shape index (κ2) is 4.87. The number of halogens is 3. The van der Waals surface area contributed by atoms with Gasteiger partial charge in [0.15, 0.2) is 5.96 Å². The van der Waals surface area contributed by atoms with Gasteiger partial charge >= 0.3 is 0 Å². The van der Waals surface area contributed by atoms with Crippen LogP contribution < -0.4 is 10.6 Å². The first-order chi connectivity index (χ1) is 8.05. The van der Waals surface area contributed by atoms with Crippen molar-refractivity contribution >= 4 is 17.6 Å². The molecule has 1 aliphatic heterocycles. The number of nitrogens with one attached hydrogen (secondary N) is 2. The van der Waals surface area contributed by atoms with Gasteiger partial charge in [-0.25, -0.2) is 13.8 Å². The molecule has 6 heteroatoms. The average Bonchev–Trinajstić information content (AvgIpc) is 2.30. The fraction of sp³-hybridized carbons (Fsp3) is 0.364. The van der Waals surface area contributed by atoms with Gasteiger partial charge in [-0.05, 0) is 17.7 Å². The number of guanidine groups is 1. The molecule has 2 N–H and O–H groups in total. The Hall–Kier alpha value is -1.36. The molecule has 0 bridgehead atoms. The van der Waals surface area contributed by atoms with Crippen LogP contribution in [0.1, 0.15) is 5.56 Å². The summed E-state index contributed by atoms with van der Waals surface area (Å²) in [4.78, 5) is 3.73. The number of rotatable bonds is 2. The van der Waals surface area contributed by atoms with Crippen LogP contribution in [0.5, 0.6) is 0 Å². The molecule has 17 heavy (non-hydrogen) atoms. The van der Waals surface area contributed by atoms with Crippen LogP contribution in [0.3, 0.4) is 0 Å². The fourth-order valence-corrected chi connectivity index (χ4v) is 1.55. The van der Waals surface area contributed by atoms with Gasteiger partial charge in [0.05, 0.1) is 6.54 Å². The fourth-order valence-electron chi connectivity index (χ4n) is 1.43. The van der Waals surface area contributed by atoms with E-state index in [4.69, 9.17) is 11.6 Å². The first-order valence-corrected chi connectivity index (χ1v) is 5.57. The monoisotopic (exact) mass is 259 g/mol. The Bertz CT molecular complexity index is 417. The van der Waals surface area contributed by atoms with E-state index in [0.29, 0.717) is 17.5 Å². The summed E-state index contributed by atoms with van der Waals surface area (Å²) in [5, 5.41) is 6.18. The molecular weight excluding hydrogens is 248 g/mol. The van der Waals surface area contributed by atoms with Crippen LogP contribution in [0.4, 0.5) is 8.78 Å². The molecule has 1 heterocycles. The molecule has 0 saturated carbocycles. The summed E-state index contributed by atoms with van der Waals surface area (Å²) in [6.07, 6.45) is 0. The minimum absolute atomic E-state index is 0.376. The molecule has 0 atom stereocenters. The van der Waals surface area contributed by atoms with E-state index in [-0.39, 0.29) is 6.54 Å². The molecule has 3 nitrogen and oxygen atoms in total. The molecule has 0 fully saturated rings. The summed E-state index contributed by atoms with van der Waals surface area (Å²) >= 11 is 5.75. The number of alkyl halides is 2. The van der Waals surface area contributed by atoms with Crippen molar-refractivity contribution in [2.24, 2.45) is 4.99 Å². The van der Waals surface area contributed by atoms with Gasteiger partial charge in [0.1, 0.15) is 6.54 Å². The van der Waals surface area contributed by atoms with E-state index in [2.05, 4.69) is 15.6 Å². The SMILES string of the molecule is FC1(F)CN=C(NCc2ccc(Cl)cc2)NC1. The molecule has 1 aliphatic rings. The van der Waals surface area contributed by atoms with E-state index < -0.39 is 12.5 Å². The maximum Gasteiger partial charge on any atom is 0.284 e. The Morgan fingerprint density at radius 1 is 1.35 bits per heavy atom. The van der Waals surface area contributed by atoms with Gasteiger partial charge in [0.2, 0.25) is 0 Å². The Labute approximate surface area is 103 Å². The molecule has 0 spiro atoms. The van der Waals surface area contributed by atoms with Crippen LogP contribution in [0.25, 0.3) is 0 Å². The Morgan fingerprint density at radius 3 is 2.65 bits per heavy atom. The van der Waals surface area contributed by atoms with Gasteiger partial charge < -0.3 is 10.6 Å². The molecule has 0 saturated heterocycles. The smallest absolute Gasteiger partial charge is 0.284 e. The van der Waals surface area contributed by atoms with Gasteiger partial charge in [0.25, 0.3) is 5.92 Å². The lowest BCUT2D eigenvalue weighted by atomic mass is 10.2. The highest BCUT2D eigenvalue weighted by atomic mass is 35.5. The van der Waals surface area contributed by atoms with Gasteiger partial charge in [-0.1, -0.05) is 23.7 Å². The summed E-state index contributed by atoms with van der Waals surface area (Å²) in [5.74, 6) is -2.34. The van der Waals surface area contributed by atoms with Gasteiger partial charge in [-0.2, -0.15) is 0 Å². The highest BCUT2D eigenvalue weighted by Crippen LogP contribution is 2.14. The van der Waals surface area contributed by atoms with Crippen LogP contribution >= 0.6 is 11.6 Å². The van der Waals surface area contributed by atoms with E-state index in [9.17, 15) is 8.78 Å². The van der Waals surface area contributed by atoms with E-state index >= 15 is 0 Å². The maximum atomic E-state index is 12.8. The predicted molar refractivity (Wildman–Crippen MR) is 63.5 cm³/mol. The third kappa shape index (κ3) is 3.56. The first-order valence-electron chi connectivity index (χ1n) is 5.20. The molecule has 0 radical (unpaired) electrons. The van der Waals surface area contributed by atoms with Crippen molar-refractivity contribution in [1.82, 2.24) is 10.6 Å². The molecular formula is C11H12ClF2N3. The normalized spacial score (nSPS) is 18.2. The van der Waals surface area contributed by atoms with Gasteiger partial charge in [0, 0.05) is 11.6 Å². The molecule has 0 amide bonds. The first kappa shape index (κ1) is 12.1. The van der Waals surface area contributed by atoms with Crippen molar-refractivity contribution in [3.8, 4) is 0 Å². The summed E-state index contributed by atoms with van der Waals surface area (Å²) in [6.45, 7) is -0.322. The zero-order chi connectivity index (χ0) is 12.3. The van der Waals surface area contributed by atoms with E-state index in [0.717, 1.165) is 5.56 Å². The van der Waals surface area contributed by atoms with Crippen molar-refractivity contribution in [1.29, 1.82) is 0 Å². The summed E-state index contributed by atoms with van der Waals surface area (Å²) in [6, 6.07) is 7.30. The number of hydrogen-bond donors (Lipinski definition) is 2. The summed E-state index contributed by atoms with van der Waals surface area (Å²) in [5.41, 5.74) is 1.01. The van der Waals surface area contributed by atoms with E-state index in [1.165, 1.54) is 0 Å². The minimum Gasteiger partial charge on any atom is -0.352 e. The lowest BCUT2D eigenvalue weighted by molar-refractivity contribution is 0.0120. The summed E-state index contributed by atoms with van der Waals surface area (Å²) < 4.78 is 25.5. The van der Waals surface area contributed by atoms with Crippen molar-refractivity contribution in [3.63, 3.8) is 0 Å². The van der Waals surface area contributed by atoms with Gasteiger partial charge in [-0.15, -0.1) is 0 Å². The van der Waals surface area contributed by atoms with Crippen molar-refractivity contribution in [3.05, 3.63) is 34.9 Å². The number of hydrogen-bond acceptors (Lipinski definition) is 3. The van der Waals surface area contributed by atoms with Crippen LogP contribution in [0.2, 0.25) is 5.02 Å². The van der Waals surface area contributed by atoms with Crippen molar-refractivity contribution < 1.29 is 8.78 Å². The molecule has 1 aromatic carbocycles. The molecule has 0 unspecified atom stereocenters. The standard InChI is InChI=1S/C11H12ClF2N3/c12-9-3-1-8(2-4-9)5-15-10-16-6-11(13,14)7-17-10/h1-4H,5-7H2,(H2,15,16,17). The Balaban J connectivity index is 1.87. The van der Waals surface area contributed by atoms with Crippen LogP contribution in [-0.2, 0) is 6.54 Å². The topological polar surface area (TPSA) is 36.4 Å². The summed E-state index contributed by atoms with van der Waals surface area (Å²) in [7, 11) is 0. The lowest BCUT2D eigenvalue weighted by Crippen LogP contribution is -2.49. The molecule has 1 aromatic rings. The van der Waals surface area contributed by atoms with Crippen molar-refractivity contribution in [2.75, 3.05) is 13.1 Å². The molecule has 0 aliphatic carbocycles. The Kier molecular flexibility index (Phi) is 3.47. The number of nitrogens with zero attached hydrogens (tertiary/aromatic N) is 1. The molecule has 92 valence electrons. The van der Waals surface area contributed by atoms with E-state index in [1.54, 1.807) is 12.1 Å². The Morgan fingerprint density at radius 2 is 2.06 bits per heavy atom. The maximum absolute atomic E-state index is 12.8. The van der Waals surface area contributed by atoms with Crippen LogP contribution in [0, 0.1) is 0 Å². The number of benzene rings is 1. The lowest BCUT2D eigenvalue weighted by Gasteiger charge is -2.23. The third-order valence-electron chi connectivity index (χ3n) is 2.36.